The van der Waals surface area contributed by atoms with E-state index in [2.05, 4.69) is 15.3 Å². The number of nitrogens with zero attached hydrogens (tertiary/aromatic N) is 4. The van der Waals surface area contributed by atoms with E-state index in [1.165, 1.54) is 32.2 Å². The predicted octanol–water partition coefficient (Wildman–Crippen LogP) is 4.42. The van der Waals surface area contributed by atoms with Crippen molar-refractivity contribution in [1.82, 2.24) is 9.97 Å². The van der Waals surface area contributed by atoms with E-state index < -0.39 is 16.8 Å². The molecule has 37 heavy (non-hydrogen) atoms. The van der Waals surface area contributed by atoms with Crippen molar-refractivity contribution in [2.75, 3.05) is 30.4 Å². The third-order valence-corrected chi connectivity index (χ3v) is 5.97. The standard InChI is InChI=1S/C25H24ClN5O6/c1-15(32)37-22-23(26)28-21(29-24(22)30-11-3-4-12-30)13-16-5-8-18(9-6-16)27-25(33)17-7-10-20(36-2)19(14-17)31(34)35/h5-10,14H,3-4,11-13H2,1-2H3,(H,27,33). The normalized spacial score (nSPS) is 12.8. The van der Waals surface area contributed by atoms with Gasteiger partial charge in [-0.3, -0.25) is 19.7 Å². The van der Waals surface area contributed by atoms with Crippen LogP contribution >= 0.6 is 11.6 Å². The monoisotopic (exact) mass is 525 g/mol. The number of hydrogen-bond donors (Lipinski definition) is 1. The van der Waals surface area contributed by atoms with Crippen LogP contribution in [0.3, 0.4) is 0 Å². The highest BCUT2D eigenvalue weighted by Crippen LogP contribution is 2.35. The number of carbonyl (C=O) groups excluding carboxylic acids is 2. The number of nitrogens with one attached hydrogen (secondary N) is 1. The Hall–Kier alpha value is -4.25. The van der Waals surface area contributed by atoms with Crippen molar-refractivity contribution in [3.05, 3.63) is 74.7 Å². The minimum atomic E-state index is -0.605. The van der Waals surface area contributed by atoms with E-state index in [-0.39, 0.29) is 27.9 Å². The minimum absolute atomic E-state index is 0.0690. The molecule has 12 heteroatoms. The zero-order valence-corrected chi connectivity index (χ0v) is 20.9. The highest BCUT2D eigenvalue weighted by Gasteiger charge is 2.24. The van der Waals surface area contributed by atoms with Gasteiger partial charge < -0.3 is 19.7 Å². The second kappa shape index (κ2) is 11.2. The second-order valence-corrected chi connectivity index (χ2v) is 8.70. The van der Waals surface area contributed by atoms with Gasteiger partial charge in [-0.15, -0.1) is 0 Å². The van der Waals surface area contributed by atoms with Gasteiger partial charge in [0, 0.05) is 43.8 Å². The van der Waals surface area contributed by atoms with Crippen LogP contribution in [0.25, 0.3) is 0 Å². The molecular weight excluding hydrogens is 502 g/mol. The fourth-order valence-corrected chi connectivity index (χ4v) is 4.19. The van der Waals surface area contributed by atoms with Crippen molar-refractivity contribution in [3.8, 4) is 11.5 Å². The number of rotatable bonds is 8. The molecule has 1 saturated heterocycles. The molecule has 1 aliphatic rings. The van der Waals surface area contributed by atoms with Crippen LogP contribution < -0.4 is 19.7 Å². The molecule has 1 amide bonds. The summed E-state index contributed by atoms with van der Waals surface area (Å²) in [6, 6.07) is 11.0. The third-order valence-electron chi connectivity index (χ3n) is 5.72. The fraction of sp³-hybridized carbons (Fsp3) is 0.280. The number of nitro groups is 1. The molecule has 1 aromatic heterocycles. The third kappa shape index (κ3) is 6.12. The molecule has 0 saturated carbocycles. The molecule has 0 radical (unpaired) electrons. The number of aromatic nitrogens is 2. The Labute approximate surface area is 217 Å². The summed E-state index contributed by atoms with van der Waals surface area (Å²) in [5.74, 6) is 0.203. The number of halogens is 1. The Morgan fingerprint density at radius 1 is 1.14 bits per heavy atom. The van der Waals surface area contributed by atoms with E-state index in [1.807, 2.05) is 4.90 Å². The summed E-state index contributed by atoms with van der Waals surface area (Å²) in [6.45, 7) is 2.87. The first-order valence-electron chi connectivity index (χ1n) is 11.5. The van der Waals surface area contributed by atoms with Crippen molar-refractivity contribution < 1.29 is 24.0 Å². The van der Waals surface area contributed by atoms with Gasteiger partial charge in [0.2, 0.25) is 5.75 Å². The molecule has 0 bridgehead atoms. The quantitative estimate of drug-likeness (QED) is 0.196. The van der Waals surface area contributed by atoms with Gasteiger partial charge in [-0.1, -0.05) is 23.7 Å². The number of amides is 1. The van der Waals surface area contributed by atoms with Gasteiger partial charge >= 0.3 is 11.7 Å². The number of benzene rings is 2. The van der Waals surface area contributed by atoms with Crippen LogP contribution in [0.4, 0.5) is 17.2 Å². The van der Waals surface area contributed by atoms with E-state index >= 15 is 0 Å². The van der Waals surface area contributed by atoms with E-state index in [0.717, 1.165) is 31.5 Å². The lowest BCUT2D eigenvalue weighted by Crippen LogP contribution is -2.22. The molecular formula is C25H24ClN5O6. The second-order valence-electron chi connectivity index (χ2n) is 8.34. The summed E-state index contributed by atoms with van der Waals surface area (Å²) in [4.78, 5) is 45.8. The molecule has 0 aliphatic carbocycles. The number of methoxy groups -OCH3 is 1. The maximum atomic E-state index is 12.6. The summed E-state index contributed by atoms with van der Waals surface area (Å²) in [7, 11) is 1.32. The Balaban J connectivity index is 1.49. The minimum Gasteiger partial charge on any atom is -0.490 e. The lowest BCUT2D eigenvalue weighted by molar-refractivity contribution is -0.385. The number of nitro benzene ring substituents is 1. The summed E-state index contributed by atoms with van der Waals surface area (Å²) >= 11 is 6.36. The van der Waals surface area contributed by atoms with Gasteiger partial charge in [0.05, 0.1) is 12.0 Å². The summed E-state index contributed by atoms with van der Waals surface area (Å²) in [6.07, 6.45) is 2.38. The summed E-state index contributed by atoms with van der Waals surface area (Å²) < 4.78 is 10.3. The molecule has 0 unspecified atom stereocenters. The number of anilines is 2. The predicted molar refractivity (Wildman–Crippen MR) is 137 cm³/mol. The van der Waals surface area contributed by atoms with Crippen molar-refractivity contribution in [2.45, 2.75) is 26.2 Å². The average Bonchev–Trinajstić information content (AvgIpc) is 3.41. The van der Waals surface area contributed by atoms with E-state index in [1.54, 1.807) is 24.3 Å². The Bertz CT molecular complexity index is 1340. The molecule has 4 rings (SSSR count). The first-order chi connectivity index (χ1) is 17.7. The lowest BCUT2D eigenvalue weighted by Gasteiger charge is -2.20. The van der Waals surface area contributed by atoms with Crippen molar-refractivity contribution in [1.29, 1.82) is 0 Å². The van der Waals surface area contributed by atoms with Crippen LogP contribution in [0.2, 0.25) is 5.15 Å². The number of ether oxygens (including phenoxy) is 2. The first-order valence-corrected chi connectivity index (χ1v) is 11.9. The van der Waals surface area contributed by atoms with E-state index in [9.17, 15) is 19.7 Å². The maximum Gasteiger partial charge on any atom is 0.311 e. The van der Waals surface area contributed by atoms with Gasteiger partial charge in [0.15, 0.2) is 16.7 Å². The van der Waals surface area contributed by atoms with Gasteiger partial charge in [-0.2, -0.15) is 0 Å². The topological polar surface area (TPSA) is 137 Å². The average molecular weight is 526 g/mol. The molecule has 11 nitrogen and oxygen atoms in total. The lowest BCUT2D eigenvalue weighted by atomic mass is 10.1. The molecule has 192 valence electrons. The van der Waals surface area contributed by atoms with Crippen LogP contribution in [-0.2, 0) is 11.2 Å². The van der Waals surface area contributed by atoms with Gasteiger partial charge in [0.1, 0.15) is 5.82 Å². The summed E-state index contributed by atoms with van der Waals surface area (Å²) in [5.41, 5.74) is 1.20. The Morgan fingerprint density at radius 3 is 2.46 bits per heavy atom. The molecule has 2 heterocycles. The zero-order chi connectivity index (χ0) is 26.5. The van der Waals surface area contributed by atoms with Crippen LogP contribution in [0, 0.1) is 10.1 Å². The molecule has 1 N–H and O–H groups in total. The largest absolute Gasteiger partial charge is 0.490 e. The number of esters is 1. The van der Waals surface area contributed by atoms with E-state index in [0.29, 0.717) is 23.8 Å². The van der Waals surface area contributed by atoms with Gasteiger partial charge in [0.25, 0.3) is 5.91 Å². The van der Waals surface area contributed by atoms with Crippen LogP contribution in [0.15, 0.2) is 42.5 Å². The van der Waals surface area contributed by atoms with Crippen LogP contribution in [0.5, 0.6) is 11.5 Å². The number of hydrogen-bond acceptors (Lipinski definition) is 9. The van der Waals surface area contributed by atoms with Crippen LogP contribution in [0.1, 0.15) is 41.5 Å². The van der Waals surface area contributed by atoms with E-state index in [4.69, 9.17) is 21.1 Å². The van der Waals surface area contributed by atoms with Gasteiger partial charge in [-0.25, -0.2) is 9.97 Å². The number of carbonyl (C=O) groups is 2. The molecule has 2 aromatic carbocycles. The smallest absolute Gasteiger partial charge is 0.311 e. The van der Waals surface area contributed by atoms with Crippen molar-refractivity contribution >= 4 is 40.7 Å². The zero-order valence-electron chi connectivity index (χ0n) is 20.2. The Kier molecular flexibility index (Phi) is 7.83. The highest BCUT2D eigenvalue weighted by molar-refractivity contribution is 6.31. The Morgan fingerprint density at radius 2 is 1.84 bits per heavy atom. The maximum absolute atomic E-state index is 12.6. The molecule has 1 fully saturated rings. The summed E-state index contributed by atoms with van der Waals surface area (Å²) in [5, 5.41) is 14.0. The van der Waals surface area contributed by atoms with Crippen molar-refractivity contribution in [3.63, 3.8) is 0 Å². The fourth-order valence-electron chi connectivity index (χ4n) is 3.97. The van der Waals surface area contributed by atoms with Crippen LogP contribution in [-0.4, -0.2) is 47.0 Å². The molecule has 0 spiro atoms. The van der Waals surface area contributed by atoms with Gasteiger partial charge in [-0.05, 0) is 42.7 Å². The van der Waals surface area contributed by atoms with Crippen molar-refractivity contribution in [2.24, 2.45) is 0 Å². The SMILES string of the molecule is COc1ccc(C(=O)Nc2ccc(Cc3nc(Cl)c(OC(C)=O)c(N4CCCC4)n3)cc2)cc1[N+](=O)[O-]. The molecule has 0 atom stereocenters. The molecule has 1 aliphatic heterocycles. The first kappa shape index (κ1) is 25.8. The molecule has 3 aromatic rings. The highest BCUT2D eigenvalue weighted by atomic mass is 35.5.